The highest BCUT2D eigenvalue weighted by Gasteiger charge is 2.15. The maximum atomic E-state index is 13.2. The third-order valence-corrected chi connectivity index (χ3v) is 3.09. The van der Waals surface area contributed by atoms with Gasteiger partial charge in [0.1, 0.15) is 23.5 Å². The molecule has 0 heterocycles. The van der Waals surface area contributed by atoms with Gasteiger partial charge < -0.3 is 0 Å². The van der Waals surface area contributed by atoms with Crippen LogP contribution in [0.15, 0.2) is 36.4 Å². The van der Waals surface area contributed by atoms with E-state index in [1.165, 1.54) is 12.1 Å². The lowest BCUT2D eigenvalue weighted by molar-refractivity contribution is 0.580. The van der Waals surface area contributed by atoms with E-state index in [0.717, 1.165) is 24.3 Å². The van der Waals surface area contributed by atoms with E-state index >= 15 is 0 Å². The van der Waals surface area contributed by atoms with Crippen molar-refractivity contribution >= 4 is 11.6 Å². The molecule has 0 aliphatic carbocycles. The number of nitrogens with zero attached hydrogens (tertiary/aromatic N) is 1. The first-order valence-corrected chi connectivity index (χ1v) is 5.74. The minimum atomic E-state index is -0.863. The molecule has 1 atom stereocenters. The molecule has 0 radical (unpaired) electrons. The van der Waals surface area contributed by atoms with E-state index in [-0.39, 0.29) is 11.1 Å². The van der Waals surface area contributed by atoms with Gasteiger partial charge in [0.2, 0.25) is 0 Å². The van der Waals surface area contributed by atoms with E-state index in [2.05, 4.69) is 0 Å². The van der Waals surface area contributed by atoms with Crippen molar-refractivity contribution in [2.45, 2.75) is 5.38 Å². The van der Waals surface area contributed by atoms with Crippen LogP contribution in [-0.4, -0.2) is 0 Å². The van der Waals surface area contributed by atoms with Crippen molar-refractivity contribution in [1.29, 1.82) is 5.26 Å². The van der Waals surface area contributed by atoms with Gasteiger partial charge in [-0.05, 0) is 35.4 Å². The maximum absolute atomic E-state index is 13.2. The fourth-order valence-corrected chi connectivity index (χ4v) is 1.96. The number of alkyl halides is 1. The first-order chi connectivity index (χ1) is 9.01. The number of hydrogen-bond donors (Lipinski definition) is 0. The Kier molecular flexibility index (Phi) is 3.77. The molecule has 0 aromatic heterocycles. The molecule has 0 bridgehead atoms. The Morgan fingerprint density at radius 3 is 2.16 bits per heavy atom. The molecular weight excluding hydrogens is 275 g/mol. The summed E-state index contributed by atoms with van der Waals surface area (Å²) in [5.74, 6) is -2.16. The summed E-state index contributed by atoms with van der Waals surface area (Å²) in [4.78, 5) is 0. The van der Waals surface area contributed by atoms with E-state index in [1.54, 1.807) is 6.07 Å². The first kappa shape index (κ1) is 13.4. The van der Waals surface area contributed by atoms with Gasteiger partial charge >= 0.3 is 0 Å². The molecule has 5 heteroatoms. The predicted octanol–water partition coefficient (Wildman–Crippen LogP) is 4.30. The van der Waals surface area contributed by atoms with Crippen LogP contribution in [0.2, 0.25) is 0 Å². The van der Waals surface area contributed by atoms with Crippen molar-refractivity contribution in [1.82, 2.24) is 0 Å². The van der Waals surface area contributed by atoms with Crippen LogP contribution in [-0.2, 0) is 0 Å². The highest BCUT2D eigenvalue weighted by Crippen LogP contribution is 2.30. The lowest BCUT2D eigenvalue weighted by Gasteiger charge is -2.11. The van der Waals surface area contributed by atoms with Crippen LogP contribution in [0.5, 0.6) is 0 Å². The van der Waals surface area contributed by atoms with Gasteiger partial charge in [-0.3, -0.25) is 0 Å². The number of nitriles is 1. The Bertz CT molecular complexity index is 644. The summed E-state index contributed by atoms with van der Waals surface area (Å²) < 4.78 is 39.4. The zero-order valence-electron chi connectivity index (χ0n) is 9.50. The average Bonchev–Trinajstić information content (AvgIpc) is 2.37. The van der Waals surface area contributed by atoms with Crippen molar-refractivity contribution in [2.75, 3.05) is 0 Å². The molecule has 2 rings (SSSR count). The van der Waals surface area contributed by atoms with Crippen LogP contribution in [0.25, 0.3) is 0 Å². The lowest BCUT2D eigenvalue weighted by Crippen LogP contribution is -1.97. The molecule has 0 aliphatic rings. The van der Waals surface area contributed by atoms with Crippen LogP contribution in [0.3, 0.4) is 0 Å². The second-order valence-corrected chi connectivity index (χ2v) is 4.35. The summed E-state index contributed by atoms with van der Waals surface area (Å²) in [5, 5.41) is 7.87. The van der Waals surface area contributed by atoms with Gasteiger partial charge in [-0.25, -0.2) is 13.2 Å². The fraction of sp³-hybridized carbons (Fsp3) is 0.0714. The molecule has 0 amide bonds. The van der Waals surface area contributed by atoms with Crippen LogP contribution >= 0.6 is 11.6 Å². The first-order valence-electron chi connectivity index (χ1n) is 5.31. The van der Waals surface area contributed by atoms with Crippen molar-refractivity contribution in [2.24, 2.45) is 0 Å². The van der Waals surface area contributed by atoms with Crippen molar-refractivity contribution in [3.63, 3.8) is 0 Å². The Labute approximate surface area is 112 Å². The van der Waals surface area contributed by atoms with Gasteiger partial charge in [0, 0.05) is 6.07 Å². The van der Waals surface area contributed by atoms with Crippen LogP contribution in [0.4, 0.5) is 13.2 Å². The Morgan fingerprint density at radius 1 is 0.947 bits per heavy atom. The number of benzene rings is 2. The van der Waals surface area contributed by atoms with Gasteiger partial charge in [0.25, 0.3) is 0 Å². The Hall–Kier alpha value is -1.99. The molecule has 96 valence electrons. The third kappa shape index (κ3) is 2.88. The molecule has 2 aromatic rings. The number of rotatable bonds is 2. The summed E-state index contributed by atoms with van der Waals surface area (Å²) in [5.41, 5.74) is 0.430. The monoisotopic (exact) mass is 281 g/mol. The van der Waals surface area contributed by atoms with Crippen LogP contribution in [0.1, 0.15) is 22.1 Å². The molecule has 0 spiro atoms. The minimum Gasteiger partial charge on any atom is -0.207 e. The Balaban J connectivity index is 2.44. The third-order valence-electron chi connectivity index (χ3n) is 2.58. The van der Waals surface area contributed by atoms with Crippen molar-refractivity contribution in [3.05, 3.63) is 70.5 Å². The second kappa shape index (κ2) is 5.33. The number of hydrogen-bond acceptors (Lipinski definition) is 1. The smallest absolute Gasteiger partial charge is 0.140 e. The fourth-order valence-electron chi connectivity index (χ4n) is 1.70. The second-order valence-electron chi connectivity index (χ2n) is 3.92. The Morgan fingerprint density at radius 2 is 1.58 bits per heavy atom. The van der Waals surface area contributed by atoms with E-state index < -0.39 is 22.8 Å². The molecule has 0 fully saturated rings. The topological polar surface area (TPSA) is 23.8 Å². The van der Waals surface area contributed by atoms with E-state index in [1.807, 2.05) is 0 Å². The SMILES string of the molecule is N#Cc1cc(C(Cl)c2cc(F)cc(F)c2)ccc1F. The zero-order chi connectivity index (χ0) is 14.0. The molecule has 0 saturated carbocycles. The normalized spacial score (nSPS) is 11.9. The maximum Gasteiger partial charge on any atom is 0.140 e. The highest BCUT2D eigenvalue weighted by atomic mass is 35.5. The van der Waals surface area contributed by atoms with E-state index in [4.69, 9.17) is 16.9 Å². The average molecular weight is 282 g/mol. The summed E-state index contributed by atoms with van der Waals surface area (Å²) in [6, 6.07) is 8.33. The summed E-state index contributed by atoms with van der Waals surface area (Å²) in [7, 11) is 0. The number of halogens is 4. The standard InChI is InChI=1S/C14H7ClF3N/c15-14(9-4-11(16)6-12(17)5-9)8-1-2-13(18)10(3-8)7-19/h1-6,14H. The molecule has 2 aromatic carbocycles. The summed E-state index contributed by atoms with van der Waals surface area (Å²) in [6.45, 7) is 0. The van der Waals surface area contributed by atoms with Crippen LogP contribution < -0.4 is 0 Å². The lowest BCUT2D eigenvalue weighted by atomic mass is 10.0. The predicted molar refractivity (Wildman–Crippen MR) is 65.2 cm³/mol. The van der Waals surface area contributed by atoms with Crippen LogP contribution in [0, 0.1) is 28.8 Å². The van der Waals surface area contributed by atoms with Gasteiger partial charge in [0.15, 0.2) is 0 Å². The van der Waals surface area contributed by atoms with E-state index in [9.17, 15) is 13.2 Å². The quantitative estimate of drug-likeness (QED) is 0.753. The van der Waals surface area contributed by atoms with Crippen molar-refractivity contribution < 1.29 is 13.2 Å². The molecule has 1 nitrogen and oxygen atoms in total. The zero-order valence-corrected chi connectivity index (χ0v) is 10.3. The molecular formula is C14H7ClF3N. The van der Waals surface area contributed by atoms with Gasteiger partial charge in [-0.1, -0.05) is 6.07 Å². The highest BCUT2D eigenvalue weighted by molar-refractivity contribution is 6.22. The minimum absolute atomic E-state index is 0.167. The largest absolute Gasteiger partial charge is 0.207 e. The van der Waals surface area contributed by atoms with Crippen molar-refractivity contribution in [3.8, 4) is 6.07 Å². The van der Waals surface area contributed by atoms with E-state index in [0.29, 0.717) is 5.56 Å². The van der Waals surface area contributed by atoms with Gasteiger partial charge in [-0.2, -0.15) is 5.26 Å². The molecule has 19 heavy (non-hydrogen) atoms. The molecule has 1 unspecified atom stereocenters. The molecule has 0 saturated heterocycles. The summed E-state index contributed by atoms with van der Waals surface area (Å²) >= 11 is 6.09. The van der Waals surface area contributed by atoms with Gasteiger partial charge in [0.05, 0.1) is 10.9 Å². The summed E-state index contributed by atoms with van der Waals surface area (Å²) in [6.07, 6.45) is 0. The van der Waals surface area contributed by atoms with Gasteiger partial charge in [-0.15, -0.1) is 11.6 Å². The molecule has 0 N–H and O–H groups in total. The molecule has 0 aliphatic heterocycles.